The van der Waals surface area contributed by atoms with E-state index in [1.165, 1.54) is 35.3 Å². The third-order valence-electron chi connectivity index (χ3n) is 5.24. The Labute approximate surface area is 214 Å². The van der Waals surface area contributed by atoms with Crippen LogP contribution in [0.4, 0.5) is 29.5 Å². The highest BCUT2D eigenvalue weighted by Gasteiger charge is 2.31. The predicted octanol–water partition coefficient (Wildman–Crippen LogP) is 5.93. The van der Waals surface area contributed by atoms with Gasteiger partial charge in [0.25, 0.3) is 0 Å². The number of aromatic nitrogens is 5. The fourth-order valence-corrected chi connectivity index (χ4v) is 3.55. The molecule has 3 aromatic heterocycles. The molecule has 0 fully saturated rings. The quantitative estimate of drug-likeness (QED) is 0.289. The van der Waals surface area contributed by atoms with Crippen molar-refractivity contribution in [1.82, 2.24) is 24.7 Å². The molecule has 38 heavy (non-hydrogen) atoms. The summed E-state index contributed by atoms with van der Waals surface area (Å²) in [5, 5.41) is 9.88. The lowest BCUT2D eigenvalue weighted by Crippen LogP contribution is -2.20. The summed E-state index contributed by atoms with van der Waals surface area (Å²) in [6.07, 6.45) is 1.62. The van der Waals surface area contributed by atoms with E-state index in [0.717, 1.165) is 11.1 Å². The molecular formula is C26H18F3N7O2. The molecule has 2 amide bonds. The third-order valence-corrected chi connectivity index (χ3v) is 5.24. The second-order valence-electron chi connectivity index (χ2n) is 7.85. The number of nitrogens with one attached hydrogen (secondary N) is 2. The highest BCUT2D eigenvalue weighted by Crippen LogP contribution is 2.26. The first kappa shape index (κ1) is 24.4. The van der Waals surface area contributed by atoms with E-state index in [0.29, 0.717) is 28.6 Å². The van der Waals surface area contributed by atoms with Crippen LogP contribution in [-0.2, 0) is 0 Å². The van der Waals surface area contributed by atoms with E-state index < -0.39 is 12.4 Å². The number of hydrogen-bond acceptors (Lipinski definition) is 6. The van der Waals surface area contributed by atoms with Crippen LogP contribution in [0.5, 0.6) is 5.75 Å². The van der Waals surface area contributed by atoms with E-state index in [2.05, 4.69) is 35.4 Å². The molecule has 0 spiro atoms. The molecule has 9 nitrogen and oxygen atoms in total. The van der Waals surface area contributed by atoms with Crippen LogP contribution in [0, 0.1) is 0 Å². The minimum Gasteiger partial charge on any atom is -0.406 e. The zero-order valence-corrected chi connectivity index (χ0v) is 19.4. The van der Waals surface area contributed by atoms with Crippen molar-refractivity contribution >= 4 is 17.5 Å². The zero-order valence-electron chi connectivity index (χ0n) is 19.4. The topological polar surface area (TPSA) is 107 Å². The average molecular weight is 517 g/mol. The van der Waals surface area contributed by atoms with Crippen LogP contribution in [0.15, 0.2) is 97.7 Å². The van der Waals surface area contributed by atoms with Gasteiger partial charge in [-0.3, -0.25) is 10.3 Å². The molecule has 0 aliphatic rings. The van der Waals surface area contributed by atoms with Gasteiger partial charge in [0.2, 0.25) is 0 Å². The molecule has 2 N–H and O–H groups in total. The van der Waals surface area contributed by atoms with Crippen molar-refractivity contribution in [2.24, 2.45) is 0 Å². The van der Waals surface area contributed by atoms with Crippen LogP contribution >= 0.6 is 0 Å². The molecule has 0 radical (unpaired) electrons. The molecule has 0 atom stereocenters. The maximum Gasteiger partial charge on any atom is 0.573 e. The van der Waals surface area contributed by atoms with E-state index in [1.54, 1.807) is 55.0 Å². The SMILES string of the molecule is O=C(Nc1ccc(-c2ncn(-c3ccc(OC(F)(F)F)cc3)n2)cc1)Nc1ncccc1-c1cccnc1. The van der Waals surface area contributed by atoms with Crippen LogP contribution in [-0.4, -0.2) is 37.1 Å². The van der Waals surface area contributed by atoms with E-state index in [4.69, 9.17) is 0 Å². The van der Waals surface area contributed by atoms with E-state index in [-0.39, 0.29) is 5.75 Å². The van der Waals surface area contributed by atoms with Crippen LogP contribution in [0.3, 0.4) is 0 Å². The number of benzene rings is 2. The Morgan fingerprint density at radius 3 is 2.32 bits per heavy atom. The maximum absolute atomic E-state index is 12.6. The average Bonchev–Trinajstić information content (AvgIpc) is 3.40. The molecule has 0 saturated carbocycles. The molecule has 5 aromatic rings. The summed E-state index contributed by atoms with van der Waals surface area (Å²) in [6.45, 7) is 0. The number of carbonyl (C=O) groups is 1. The summed E-state index contributed by atoms with van der Waals surface area (Å²) in [4.78, 5) is 25.2. The Hall–Kier alpha value is -5.26. The van der Waals surface area contributed by atoms with Gasteiger partial charge in [0.1, 0.15) is 17.9 Å². The number of urea groups is 1. The van der Waals surface area contributed by atoms with Gasteiger partial charge in [-0.1, -0.05) is 6.07 Å². The van der Waals surface area contributed by atoms with Gasteiger partial charge in [-0.2, -0.15) is 0 Å². The van der Waals surface area contributed by atoms with Gasteiger partial charge in [-0.15, -0.1) is 18.3 Å². The highest BCUT2D eigenvalue weighted by atomic mass is 19.4. The first-order chi connectivity index (χ1) is 18.3. The summed E-state index contributed by atoms with van der Waals surface area (Å²) in [6, 6.07) is 18.9. The van der Waals surface area contributed by atoms with Crippen LogP contribution in [0.1, 0.15) is 0 Å². The van der Waals surface area contributed by atoms with Gasteiger partial charge in [0, 0.05) is 41.0 Å². The lowest BCUT2D eigenvalue weighted by atomic mass is 10.1. The summed E-state index contributed by atoms with van der Waals surface area (Å²) < 4.78 is 42.4. The number of anilines is 2. The maximum atomic E-state index is 12.6. The monoisotopic (exact) mass is 517 g/mol. The van der Waals surface area contributed by atoms with Gasteiger partial charge in [-0.05, 0) is 66.7 Å². The van der Waals surface area contributed by atoms with Gasteiger partial charge in [-0.25, -0.2) is 19.4 Å². The molecule has 12 heteroatoms. The number of carbonyl (C=O) groups excluding carboxylic acids is 1. The third kappa shape index (κ3) is 5.93. The number of hydrogen-bond donors (Lipinski definition) is 2. The fourth-order valence-electron chi connectivity index (χ4n) is 3.55. The molecule has 0 aliphatic heterocycles. The number of alkyl halides is 3. The second-order valence-corrected chi connectivity index (χ2v) is 7.85. The molecule has 2 aromatic carbocycles. The van der Waals surface area contributed by atoms with Crippen molar-refractivity contribution in [1.29, 1.82) is 0 Å². The Bertz CT molecular complexity index is 1540. The summed E-state index contributed by atoms with van der Waals surface area (Å²) in [7, 11) is 0. The number of nitrogens with zero attached hydrogens (tertiary/aromatic N) is 5. The summed E-state index contributed by atoms with van der Waals surface area (Å²) in [5.74, 6) is 0.457. The molecule has 190 valence electrons. The number of ether oxygens (including phenoxy) is 1. The van der Waals surface area contributed by atoms with E-state index >= 15 is 0 Å². The largest absolute Gasteiger partial charge is 0.573 e. The number of halogens is 3. The minimum absolute atomic E-state index is 0.329. The molecule has 0 saturated heterocycles. The number of pyridine rings is 2. The standard InChI is InChI=1S/C26H18F3N7O2/c27-26(28,29)38-21-11-9-20(10-12-21)36-16-32-23(35-36)17-5-7-19(8-6-17)33-25(37)34-24-22(4-2-14-31-24)18-3-1-13-30-15-18/h1-16H,(H2,31,33,34,37). The molecule has 5 rings (SSSR count). The van der Waals surface area contributed by atoms with Crippen LogP contribution in [0.2, 0.25) is 0 Å². The fraction of sp³-hybridized carbons (Fsp3) is 0.0385. The van der Waals surface area contributed by atoms with E-state index in [9.17, 15) is 18.0 Å². The Kier molecular flexibility index (Phi) is 6.68. The van der Waals surface area contributed by atoms with Gasteiger partial charge in [0.05, 0.1) is 5.69 Å². The summed E-state index contributed by atoms with van der Waals surface area (Å²) in [5.41, 5.74) is 3.27. The number of rotatable bonds is 6. The molecule has 0 bridgehead atoms. The number of amides is 2. The first-order valence-corrected chi connectivity index (χ1v) is 11.2. The predicted molar refractivity (Wildman–Crippen MR) is 134 cm³/mol. The van der Waals surface area contributed by atoms with Gasteiger partial charge < -0.3 is 10.1 Å². The molecule has 3 heterocycles. The first-order valence-electron chi connectivity index (χ1n) is 11.2. The van der Waals surface area contributed by atoms with Crippen molar-refractivity contribution < 1.29 is 22.7 Å². The van der Waals surface area contributed by atoms with Crippen molar-refractivity contribution in [2.45, 2.75) is 6.36 Å². The van der Waals surface area contributed by atoms with Crippen molar-refractivity contribution in [2.75, 3.05) is 10.6 Å². The molecular weight excluding hydrogens is 499 g/mol. The lowest BCUT2D eigenvalue weighted by Gasteiger charge is -2.11. The molecule has 0 aliphatic carbocycles. The van der Waals surface area contributed by atoms with Crippen molar-refractivity contribution in [3.8, 4) is 34.0 Å². The van der Waals surface area contributed by atoms with Crippen LogP contribution in [0.25, 0.3) is 28.2 Å². The Balaban J connectivity index is 1.23. The van der Waals surface area contributed by atoms with Crippen molar-refractivity contribution in [3.63, 3.8) is 0 Å². The Morgan fingerprint density at radius 2 is 1.61 bits per heavy atom. The van der Waals surface area contributed by atoms with Gasteiger partial charge >= 0.3 is 12.4 Å². The minimum atomic E-state index is -4.76. The second kappa shape index (κ2) is 10.4. The zero-order chi connectivity index (χ0) is 26.5. The van der Waals surface area contributed by atoms with E-state index in [1.807, 2.05) is 12.1 Å². The highest BCUT2D eigenvalue weighted by molar-refractivity contribution is 6.01. The smallest absolute Gasteiger partial charge is 0.406 e. The van der Waals surface area contributed by atoms with Crippen molar-refractivity contribution in [3.05, 3.63) is 97.7 Å². The van der Waals surface area contributed by atoms with Crippen LogP contribution < -0.4 is 15.4 Å². The Morgan fingerprint density at radius 1 is 0.842 bits per heavy atom. The molecule has 0 unspecified atom stereocenters. The lowest BCUT2D eigenvalue weighted by molar-refractivity contribution is -0.274. The summed E-state index contributed by atoms with van der Waals surface area (Å²) >= 11 is 0. The normalized spacial score (nSPS) is 11.1. The van der Waals surface area contributed by atoms with Gasteiger partial charge in [0.15, 0.2) is 5.82 Å².